The first-order valence-electron chi connectivity index (χ1n) is 9.78. The van der Waals surface area contributed by atoms with Crippen LogP contribution < -0.4 is 10.2 Å². The molecule has 31 heavy (non-hydrogen) atoms. The van der Waals surface area contributed by atoms with Gasteiger partial charge in [-0.1, -0.05) is 12.1 Å². The molecular weight excluding hydrogens is 399 g/mol. The van der Waals surface area contributed by atoms with E-state index >= 15 is 0 Å². The van der Waals surface area contributed by atoms with Crippen LogP contribution in [0.3, 0.4) is 0 Å². The smallest absolute Gasteiger partial charge is 0.336 e. The van der Waals surface area contributed by atoms with Gasteiger partial charge in [-0.05, 0) is 73.0 Å². The van der Waals surface area contributed by atoms with Gasteiger partial charge in [-0.15, -0.1) is 0 Å². The number of nitrogens with zero attached hydrogens (tertiary/aromatic N) is 1. The predicted octanol–water partition coefficient (Wildman–Crippen LogP) is 4.37. The van der Waals surface area contributed by atoms with Gasteiger partial charge in [0.2, 0.25) is 0 Å². The number of carboxylic acids is 1. The lowest BCUT2D eigenvalue weighted by Crippen LogP contribution is -2.35. The molecule has 3 aromatic rings. The van der Waals surface area contributed by atoms with Gasteiger partial charge in [-0.25, -0.2) is 9.18 Å². The molecular formula is C24H19FN2O4. The van der Waals surface area contributed by atoms with Gasteiger partial charge in [0.1, 0.15) is 5.82 Å². The molecule has 0 spiro atoms. The zero-order valence-electron chi connectivity index (χ0n) is 16.5. The van der Waals surface area contributed by atoms with E-state index in [1.165, 1.54) is 36.4 Å². The SMILES string of the molecule is O=C(O)c1ccccc1C(=O)Nc1ccc2c(c1)CCCN2C(=O)c1ccc(F)cc1. The molecule has 0 saturated heterocycles. The zero-order chi connectivity index (χ0) is 22.0. The van der Waals surface area contributed by atoms with E-state index in [1.54, 1.807) is 35.2 Å². The summed E-state index contributed by atoms with van der Waals surface area (Å²) in [5.74, 6) is -2.31. The van der Waals surface area contributed by atoms with Crippen molar-refractivity contribution in [2.75, 3.05) is 16.8 Å². The number of halogens is 1. The van der Waals surface area contributed by atoms with Crippen LogP contribution in [0.15, 0.2) is 66.7 Å². The first-order chi connectivity index (χ1) is 14.9. The maximum Gasteiger partial charge on any atom is 0.336 e. The number of carboxylic acid groups (broad SMARTS) is 1. The van der Waals surface area contributed by atoms with Crippen LogP contribution in [0.5, 0.6) is 0 Å². The molecule has 2 N–H and O–H groups in total. The van der Waals surface area contributed by atoms with Crippen LogP contribution in [-0.4, -0.2) is 29.4 Å². The van der Waals surface area contributed by atoms with Gasteiger partial charge < -0.3 is 15.3 Å². The van der Waals surface area contributed by atoms with Crippen molar-refractivity contribution in [1.82, 2.24) is 0 Å². The lowest BCUT2D eigenvalue weighted by atomic mass is 9.99. The molecule has 0 atom stereocenters. The lowest BCUT2D eigenvalue weighted by molar-refractivity contribution is 0.0692. The van der Waals surface area contributed by atoms with Crippen molar-refractivity contribution in [3.05, 3.63) is 94.8 Å². The number of anilines is 2. The number of aryl methyl sites for hydroxylation is 1. The normalized spacial score (nSPS) is 12.7. The fourth-order valence-electron chi connectivity index (χ4n) is 3.70. The number of fused-ring (bicyclic) bond motifs is 1. The van der Waals surface area contributed by atoms with Crippen molar-refractivity contribution in [2.45, 2.75) is 12.8 Å². The van der Waals surface area contributed by atoms with E-state index in [2.05, 4.69) is 5.32 Å². The second kappa shape index (κ2) is 8.39. The molecule has 1 heterocycles. The van der Waals surface area contributed by atoms with Crippen LogP contribution in [0.1, 0.15) is 43.1 Å². The van der Waals surface area contributed by atoms with Crippen molar-refractivity contribution in [1.29, 1.82) is 0 Å². The summed E-state index contributed by atoms with van der Waals surface area (Å²) >= 11 is 0. The standard InChI is InChI=1S/C24H19FN2O4/c25-17-9-7-15(8-10-17)23(29)27-13-3-4-16-14-18(11-12-21(16)27)26-22(28)19-5-1-2-6-20(19)24(30)31/h1-2,5-12,14H,3-4,13H2,(H,26,28)(H,30,31). The highest BCUT2D eigenvalue weighted by atomic mass is 19.1. The third-order valence-corrected chi connectivity index (χ3v) is 5.19. The fraction of sp³-hybridized carbons (Fsp3) is 0.125. The third kappa shape index (κ3) is 4.16. The van der Waals surface area contributed by atoms with E-state index in [4.69, 9.17) is 0 Å². The Morgan fingerprint density at radius 3 is 2.35 bits per heavy atom. The number of hydrogen-bond donors (Lipinski definition) is 2. The Morgan fingerprint density at radius 1 is 0.935 bits per heavy atom. The summed E-state index contributed by atoms with van der Waals surface area (Å²) in [5.41, 5.74) is 2.54. The van der Waals surface area contributed by atoms with Crippen LogP contribution in [0, 0.1) is 5.82 Å². The Morgan fingerprint density at radius 2 is 1.65 bits per heavy atom. The lowest BCUT2D eigenvalue weighted by Gasteiger charge is -2.30. The molecule has 0 fully saturated rings. The van der Waals surface area contributed by atoms with Crippen LogP contribution in [0.2, 0.25) is 0 Å². The molecule has 7 heteroatoms. The van der Waals surface area contributed by atoms with Gasteiger partial charge in [0.15, 0.2) is 0 Å². The maximum absolute atomic E-state index is 13.2. The van der Waals surface area contributed by atoms with E-state index in [1.807, 2.05) is 0 Å². The Balaban J connectivity index is 1.57. The summed E-state index contributed by atoms with van der Waals surface area (Å²) in [4.78, 5) is 38.5. The number of carbonyl (C=O) groups excluding carboxylic acids is 2. The molecule has 3 aromatic carbocycles. The summed E-state index contributed by atoms with van der Waals surface area (Å²) in [6.45, 7) is 0.543. The minimum absolute atomic E-state index is 0.0702. The minimum atomic E-state index is -1.17. The van der Waals surface area contributed by atoms with Gasteiger partial charge >= 0.3 is 5.97 Å². The quantitative estimate of drug-likeness (QED) is 0.659. The number of rotatable bonds is 4. The van der Waals surface area contributed by atoms with E-state index in [0.29, 0.717) is 17.8 Å². The summed E-state index contributed by atoms with van der Waals surface area (Å²) in [7, 11) is 0. The summed E-state index contributed by atoms with van der Waals surface area (Å²) in [6.07, 6.45) is 1.48. The molecule has 0 aliphatic carbocycles. The molecule has 0 saturated carbocycles. The van der Waals surface area contributed by atoms with Crippen LogP contribution >= 0.6 is 0 Å². The van der Waals surface area contributed by atoms with E-state index < -0.39 is 17.7 Å². The molecule has 1 aliphatic heterocycles. The van der Waals surface area contributed by atoms with E-state index in [0.717, 1.165) is 24.1 Å². The Bertz CT molecular complexity index is 1170. The summed E-state index contributed by atoms with van der Waals surface area (Å²) in [6, 6.07) is 16.7. The largest absolute Gasteiger partial charge is 0.478 e. The highest BCUT2D eigenvalue weighted by molar-refractivity contribution is 6.11. The van der Waals surface area contributed by atoms with Crippen LogP contribution in [-0.2, 0) is 6.42 Å². The highest BCUT2D eigenvalue weighted by Crippen LogP contribution is 2.31. The number of carbonyl (C=O) groups is 3. The van der Waals surface area contributed by atoms with Crippen molar-refractivity contribution in [3.63, 3.8) is 0 Å². The van der Waals surface area contributed by atoms with Gasteiger partial charge in [0.25, 0.3) is 11.8 Å². The molecule has 0 bridgehead atoms. The topological polar surface area (TPSA) is 86.7 Å². The van der Waals surface area contributed by atoms with Crippen molar-refractivity contribution >= 4 is 29.2 Å². The number of aromatic carboxylic acids is 1. The summed E-state index contributed by atoms with van der Waals surface area (Å²) in [5, 5.41) is 12.0. The second-order valence-electron chi connectivity index (χ2n) is 7.22. The third-order valence-electron chi connectivity index (χ3n) is 5.19. The molecule has 1 aliphatic rings. The van der Waals surface area contributed by atoms with E-state index in [9.17, 15) is 23.9 Å². The Hall–Kier alpha value is -4.00. The minimum Gasteiger partial charge on any atom is -0.478 e. The summed E-state index contributed by atoms with van der Waals surface area (Å²) < 4.78 is 13.2. The number of hydrogen-bond acceptors (Lipinski definition) is 3. The first-order valence-corrected chi connectivity index (χ1v) is 9.78. The highest BCUT2D eigenvalue weighted by Gasteiger charge is 2.24. The van der Waals surface area contributed by atoms with Gasteiger partial charge in [-0.2, -0.15) is 0 Å². The number of amides is 2. The average Bonchev–Trinajstić information content (AvgIpc) is 2.78. The molecule has 4 rings (SSSR count). The van der Waals surface area contributed by atoms with Crippen LogP contribution in [0.25, 0.3) is 0 Å². The van der Waals surface area contributed by atoms with E-state index in [-0.39, 0.29) is 17.0 Å². The Kier molecular flexibility index (Phi) is 5.49. The van der Waals surface area contributed by atoms with Gasteiger partial charge in [0, 0.05) is 23.5 Å². The first kappa shape index (κ1) is 20.3. The molecule has 0 radical (unpaired) electrons. The van der Waals surface area contributed by atoms with Crippen molar-refractivity contribution in [2.24, 2.45) is 0 Å². The maximum atomic E-state index is 13.2. The Labute approximate surface area is 177 Å². The molecule has 6 nitrogen and oxygen atoms in total. The molecule has 0 unspecified atom stereocenters. The molecule has 0 aromatic heterocycles. The number of nitrogens with one attached hydrogen (secondary N) is 1. The van der Waals surface area contributed by atoms with Crippen molar-refractivity contribution < 1.29 is 23.9 Å². The van der Waals surface area contributed by atoms with Gasteiger partial charge in [-0.3, -0.25) is 9.59 Å². The molecule has 2 amide bonds. The van der Waals surface area contributed by atoms with Crippen molar-refractivity contribution in [3.8, 4) is 0 Å². The fourth-order valence-corrected chi connectivity index (χ4v) is 3.70. The van der Waals surface area contributed by atoms with Crippen LogP contribution in [0.4, 0.5) is 15.8 Å². The second-order valence-corrected chi connectivity index (χ2v) is 7.22. The predicted molar refractivity (Wildman–Crippen MR) is 114 cm³/mol. The number of benzene rings is 3. The average molecular weight is 418 g/mol. The monoisotopic (exact) mass is 418 g/mol. The van der Waals surface area contributed by atoms with Gasteiger partial charge in [0.05, 0.1) is 11.1 Å². The zero-order valence-corrected chi connectivity index (χ0v) is 16.5. The molecule has 156 valence electrons.